The molecule has 0 N–H and O–H groups in total. The maximum atomic E-state index is 11.8. The molecule has 0 aromatic heterocycles. The first kappa shape index (κ1) is 14.2. The molecule has 0 saturated heterocycles. The van der Waals surface area contributed by atoms with Crippen LogP contribution in [0.5, 0.6) is 0 Å². The molecule has 0 saturated carbocycles. The van der Waals surface area contributed by atoms with Crippen molar-refractivity contribution in [3.63, 3.8) is 0 Å². The summed E-state index contributed by atoms with van der Waals surface area (Å²) in [5.74, 6) is -0.710. The number of oxime groups is 1. The van der Waals surface area contributed by atoms with E-state index in [-0.39, 0.29) is 11.3 Å². The molecule has 4 nitrogen and oxygen atoms in total. The van der Waals surface area contributed by atoms with E-state index in [1.165, 1.54) is 12.2 Å². The van der Waals surface area contributed by atoms with E-state index in [4.69, 9.17) is 16.4 Å². The van der Waals surface area contributed by atoms with Crippen molar-refractivity contribution in [2.45, 2.75) is 13.8 Å². The molecule has 1 aliphatic carbocycles. The van der Waals surface area contributed by atoms with Crippen LogP contribution in [0.2, 0.25) is 5.02 Å². The van der Waals surface area contributed by atoms with Crippen LogP contribution < -0.4 is 0 Å². The molecule has 0 heterocycles. The Morgan fingerprint density at radius 2 is 1.85 bits per heavy atom. The Labute approximate surface area is 121 Å². The second kappa shape index (κ2) is 5.84. The third-order valence-corrected chi connectivity index (χ3v) is 3.36. The van der Waals surface area contributed by atoms with E-state index in [0.29, 0.717) is 21.9 Å². The smallest absolute Gasteiger partial charge is 0.312 e. The number of rotatable bonds is 2. The lowest BCUT2D eigenvalue weighted by Crippen LogP contribution is -2.12. The van der Waals surface area contributed by atoms with E-state index >= 15 is 0 Å². The molecule has 0 spiro atoms. The van der Waals surface area contributed by atoms with Crippen LogP contribution in [0.25, 0.3) is 0 Å². The summed E-state index contributed by atoms with van der Waals surface area (Å²) in [6, 6.07) is 6.56. The molecule has 1 aromatic carbocycles. The standard InChI is InChI=1S/C15H12ClNO3/c1-9-10(2)14(18)8-7-13(9)17-20-15(19)11-5-3-4-6-12(11)16/h3-8H,1-2H3/b17-13+. The normalized spacial score (nSPS) is 16.8. The van der Waals surface area contributed by atoms with Gasteiger partial charge in [-0.15, -0.1) is 0 Å². The zero-order valence-electron chi connectivity index (χ0n) is 11.0. The fourth-order valence-electron chi connectivity index (χ4n) is 1.65. The summed E-state index contributed by atoms with van der Waals surface area (Å²) in [7, 11) is 0. The van der Waals surface area contributed by atoms with Gasteiger partial charge < -0.3 is 4.84 Å². The largest absolute Gasteiger partial charge is 0.367 e. The van der Waals surface area contributed by atoms with Gasteiger partial charge in [0.25, 0.3) is 0 Å². The molecular weight excluding hydrogens is 278 g/mol. The average Bonchev–Trinajstić information content (AvgIpc) is 2.44. The van der Waals surface area contributed by atoms with Crippen molar-refractivity contribution in [1.29, 1.82) is 0 Å². The number of hydrogen-bond acceptors (Lipinski definition) is 4. The molecule has 0 fully saturated rings. The first-order valence-electron chi connectivity index (χ1n) is 5.95. The van der Waals surface area contributed by atoms with Crippen molar-refractivity contribution in [1.82, 2.24) is 0 Å². The number of ketones is 1. The highest BCUT2D eigenvalue weighted by molar-refractivity contribution is 6.33. The van der Waals surface area contributed by atoms with Crippen molar-refractivity contribution in [3.05, 3.63) is 58.1 Å². The van der Waals surface area contributed by atoms with Gasteiger partial charge in [-0.2, -0.15) is 0 Å². The third-order valence-electron chi connectivity index (χ3n) is 3.03. The van der Waals surface area contributed by atoms with Crippen molar-refractivity contribution >= 4 is 29.1 Å². The number of carbonyl (C=O) groups is 2. The predicted octanol–water partition coefficient (Wildman–Crippen LogP) is 3.33. The van der Waals surface area contributed by atoms with Crippen LogP contribution in [0.1, 0.15) is 24.2 Å². The van der Waals surface area contributed by atoms with Crippen molar-refractivity contribution in [3.8, 4) is 0 Å². The lowest BCUT2D eigenvalue weighted by molar-refractivity contribution is -0.111. The van der Waals surface area contributed by atoms with Gasteiger partial charge in [0.05, 0.1) is 10.6 Å². The molecule has 0 radical (unpaired) electrons. The van der Waals surface area contributed by atoms with E-state index in [0.717, 1.165) is 0 Å². The molecule has 1 aliphatic rings. The minimum absolute atomic E-state index is 0.0705. The van der Waals surface area contributed by atoms with E-state index in [1.807, 2.05) is 0 Å². The second-order valence-corrected chi connectivity index (χ2v) is 4.69. The zero-order valence-corrected chi connectivity index (χ0v) is 11.8. The highest BCUT2D eigenvalue weighted by Crippen LogP contribution is 2.17. The van der Waals surface area contributed by atoms with Crippen LogP contribution in [0.15, 0.2) is 52.7 Å². The van der Waals surface area contributed by atoms with E-state index in [1.54, 1.807) is 38.1 Å². The molecule has 1 aromatic rings. The monoisotopic (exact) mass is 289 g/mol. The maximum Gasteiger partial charge on any atom is 0.367 e. The maximum absolute atomic E-state index is 11.8. The van der Waals surface area contributed by atoms with Crippen LogP contribution in [0.4, 0.5) is 0 Å². The van der Waals surface area contributed by atoms with Gasteiger partial charge in [-0.3, -0.25) is 4.79 Å². The van der Waals surface area contributed by atoms with Crippen molar-refractivity contribution in [2.24, 2.45) is 5.16 Å². The number of carbonyl (C=O) groups excluding carboxylic acids is 2. The van der Waals surface area contributed by atoms with Gasteiger partial charge in [0.15, 0.2) is 5.78 Å². The van der Waals surface area contributed by atoms with E-state index in [9.17, 15) is 9.59 Å². The molecule has 0 aliphatic heterocycles. The summed E-state index contributed by atoms with van der Waals surface area (Å²) in [6.07, 6.45) is 2.91. The van der Waals surface area contributed by atoms with Gasteiger partial charge in [-0.1, -0.05) is 28.9 Å². The van der Waals surface area contributed by atoms with Gasteiger partial charge in [0, 0.05) is 5.57 Å². The Morgan fingerprint density at radius 3 is 2.55 bits per heavy atom. The first-order valence-corrected chi connectivity index (χ1v) is 6.32. The number of halogens is 1. The first-order chi connectivity index (χ1) is 9.50. The summed E-state index contributed by atoms with van der Waals surface area (Å²) >= 11 is 5.89. The van der Waals surface area contributed by atoms with Crippen LogP contribution in [0.3, 0.4) is 0 Å². The summed E-state index contributed by atoms with van der Waals surface area (Å²) in [5.41, 5.74) is 1.96. The van der Waals surface area contributed by atoms with Crippen LogP contribution >= 0.6 is 11.6 Å². The zero-order chi connectivity index (χ0) is 14.7. The van der Waals surface area contributed by atoms with Crippen molar-refractivity contribution < 1.29 is 14.4 Å². The molecule has 20 heavy (non-hydrogen) atoms. The second-order valence-electron chi connectivity index (χ2n) is 4.28. The van der Waals surface area contributed by atoms with E-state index in [2.05, 4.69) is 5.16 Å². The van der Waals surface area contributed by atoms with Crippen LogP contribution in [-0.2, 0) is 9.63 Å². The Hall–Kier alpha value is -2.20. The van der Waals surface area contributed by atoms with Gasteiger partial charge in [-0.25, -0.2) is 4.79 Å². The molecule has 5 heteroatoms. The van der Waals surface area contributed by atoms with Gasteiger partial charge >= 0.3 is 5.97 Å². The quantitative estimate of drug-likeness (QED) is 0.477. The lowest BCUT2D eigenvalue weighted by Gasteiger charge is -2.09. The Bertz CT molecular complexity index is 671. The average molecular weight is 290 g/mol. The molecule has 0 bridgehead atoms. The highest BCUT2D eigenvalue weighted by Gasteiger charge is 2.16. The number of allylic oxidation sites excluding steroid dienone is 4. The summed E-state index contributed by atoms with van der Waals surface area (Å²) in [6.45, 7) is 3.45. The molecule has 0 amide bonds. The molecule has 0 unspecified atom stereocenters. The predicted molar refractivity (Wildman–Crippen MR) is 76.8 cm³/mol. The minimum Gasteiger partial charge on any atom is -0.312 e. The Balaban J connectivity index is 2.19. The molecule has 102 valence electrons. The number of hydrogen-bond donors (Lipinski definition) is 0. The molecular formula is C15H12ClNO3. The van der Waals surface area contributed by atoms with Crippen LogP contribution in [0, 0.1) is 0 Å². The van der Waals surface area contributed by atoms with Gasteiger partial charge in [-0.05, 0) is 43.7 Å². The summed E-state index contributed by atoms with van der Waals surface area (Å²) < 4.78 is 0. The van der Waals surface area contributed by atoms with Gasteiger partial charge in [0.2, 0.25) is 0 Å². The number of benzene rings is 1. The SMILES string of the molecule is CC1=C(C)/C(=N/OC(=O)c2ccccc2Cl)C=CC1=O. The molecule has 0 atom stereocenters. The molecule has 2 rings (SSSR count). The Morgan fingerprint density at radius 1 is 1.15 bits per heavy atom. The number of nitrogens with zero attached hydrogens (tertiary/aromatic N) is 1. The van der Waals surface area contributed by atoms with Gasteiger partial charge in [0.1, 0.15) is 5.71 Å². The topological polar surface area (TPSA) is 55.7 Å². The summed E-state index contributed by atoms with van der Waals surface area (Å²) in [5, 5.41) is 4.08. The van der Waals surface area contributed by atoms with E-state index < -0.39 is 5.97 Å². The van der Waals surface area contributed by atoms with Crippen LogP contribution in [-0.4, -0.2) is 17.5 Å². The highest BCUT2D eigenvalue weighted by atomic mass is 35.5. The minimum atomic E-state index is -0.640. The lowest BCUT2D eigenvalue weighted by atomic mass is 9.97. The van der Waals surface area contributed by atoms with Crippen molar-refractivity contribution in [2.75, 3.05) is 0 Å². The third kappa shape index (κ3) is 2.86. The fraction of sp³-hybridized carbons (Fsp3) is 0.133. The summed E-state index contributed by atoms with van der Waals surface area (Å²) in [4.78, 5) is 28.1. The fourth-order valence-corrected chi connectivity index (χ4v) is 1.86. The Kier molecular flexibility index (Phi) is 4.15.